The molecule has 0 aliphatic heterocycles. The maximum Gasteiger partial charge on any atom is 0.339 e. The van der Waals surface area contributed by atoms with Gasteiger partial charge >= 0.3 is 12.0 Å². The van der Waals surface area contributed by atoms with E-state index in [2.05, 4.69) is 0 Å². The molecule has 0 fully saturated rings. The molecule has 8 nitrogen and oxygen atoms in total. The van der Waals surface area contributed by atoms with Gasteiger partial charge in [0.25, 0.3) is 5.91 Å². The quantitative estimate of drug-likeness (QED) is 0.756. The minimum atomic E-state index is -1.15. The lowest BCUT2D eigenvalue weighted by molar-refractivity contribution is -0.130. The van der Waals surface area contributed by atoms with Gasteiger partial charge in [-0.05, 0) is 24.1 Å². The minimum Gasteiger partial charge on any atom is -0.493 e. The van der Waals surface area contributed by atoms with E-state index in [9.17, 15) is 14.4 Å². The first-order valence-electron chi connectivity index (χ1n) is 6.83. The number of imide groups is 1. The predicted molar refractivity (Wildman–Crippen MR) is 81.3 cm³/mol. The highest BCUT2D eigenvalue weighted by Crippen LogP contribution is 2.28. The fraction of sp³-hybridized carbons (Fsp3) is 0.400. The predicted octanol–water partition coefficient (Wildman–Crippen LogP) is 1.08. The Balaban J connectivity index is 2.95. The van der Waals surface area contributed by atoms with E-state index in [1.807, 2.05) is 5.32 Å². The molecule has 3 amide bonds. The van der Waals surface area contributed by atoms with Gasteiger partial charge in [-0.25, -0.2) is 9.59 Å². The first-order chi connectivity index (χ1) is 10.8. The number of carbonyl (C=O) groups excluding carboxylic acids is 3. The van der Waals surface area contributed by atoms with Gasteiger partial charge in [-0.3, -0.25) is 10.1 Å². The smallest absolute Gasteiger partial charge is 0.339 e. The van der Waals surface area contributed by atoms with Gasteiger partial charge in [-0.1, -0.05) is 13.8 Å². The Hall–Kier alpha value is -2.77. The molecule has 0 aliphatic rings. The first kappa shape index (κ1) is 18.3. The summed E-state index contributed by atoms with van der Waals surface area (Å²) in [5.41, 5.74) is 5.08. The van der Waals surface area contributed by atoms with Crippen LogP contribution >= 0.6 is 0 Å². The number of urea groups is 1. The van der Waals surface area contributed by atoms with Crippen LogP contribution in [-0.2, 0) is 9.53 Å². The molecule has 1 rings (SSSR count). The number of hydrogen-bond acceptors (Lipinski definition) is 6. The van der Waals surface area contributed by atoms with E-state index in [1.54, 1.807) is 19.9 Å². The molecule has 3 N–H and O–H groups in total. The second-order valence-corrected chi connectivity index (χ2v) is 4.99. The molecule has 0 saturated heterocycles. The molecule has 126 valence electrons. The number of primary amides is 1. The monoisotopic (exact) mass is 324 g/mol. The summed E-state index contributed by atoms with van der Waals surface area (Å²) in [6, 6.07) is 3.45. The van der Waals surface area contributed by atoms with Crippen molar-refractivity contribution in [3.05, 3.63) is 23.8 Å². The third kappa shape index (κ3) is 4.87. The molecule has 0 heterocycles. The van der Waals surface area contributed by atoms with Crippen LogP contribution in [-0.4, -0.2) is 38.2 Å². The van der Waals surface area contributed by atoms with Gasteiger partial charge < -0.3 is 19.9 Å². The highest BCUT2D eigenvalue weighted by molar-refractivity contribution is 5.98. The van der Waals surface area contributed by atoms with E-state index < -0.39 is 24.0 Å². The molecule has 1 aromatic rings. The van der Waals surface area contributed by atoms with Crippen molar-refractivity contribution < 1.29 is 28.6 Å². The van der Waals surface area contributed by atoms with Crippen LogP contribution in [0.2, 0.25) is 0 Å². The number of ether oxygens (including phenoxy) is 3. The fourth-order valence-electron chi connectivity index (χ4n) is 1.83. The molecule has 23 heavy (non-hydrogen) atoms. The number of benzene rings is 1. The van der Waals surface area contributed by atoms with Crippen LogP contribution in [0.5, 0.6) is 11.5 Å². The molecule has 1 atom stereocenters. The van der Waals surface area contributed by atoms with E-state index >= 15 is 0 Å². The molecule has 0 spiro atoms. The molecule has 0 aromatic heterocycles. The molecule has 0 aliphatic carbocycles. The van der Waals surface area contributed by atoms with Crippen molar-refractivity contribution in [2.24, 2.45) is 11.7 Å². The van der Waals surface area contributed by atoms with Gasteiger partial charge in [-0.15, -0.1) is 0 Å². The van der Waals surface area contributed by atoms with Crippen molar-refractivity contribution >= 4 is 17.9 Å². The van der Waals surface area contributed by atoms with E-state index in [0.29, 0.717) is 11.5 Å². The zero-order valence-corrected chi connectivity index (χ0v) is 13.4. The molecule has 0 unspecified atom stereocenters. The van der Waals surface area contributed by atoms with Gasteiger partial charge in [-0.2, -0.15) is 0 Å². The number of amides is 3. The molecule has 8 heteroatoms. The topological polar surface area (TPSA) is 117 Å². The van der Waals surface area contributed by atoms with Crippen molar-refractivity contribution in [1.82, 2.24) is 5.32 Å². The van der Waals surface area contributed by atoms with Crippen molar-refractivity contribution in [1.29, 1.82) is 0 Å². The fourth-order valence-corrected chi connectivity index (χ4v) is 1.83. The number of nitrogens with one attached hydrogen (secondary N) is 1. The average Bonchev–Trinajstić information content (AvgIpc) is 2.50. The molecular weight excluding hydrogens is 304 g/mol. The Bertz CT molecular complexity index is 600. The summed E-state index contributed by atoms with van der Waals surface area (Å²) < 4.78 is 15.4. The molecule has 1 aromatic carbocycles. The van der Waals surface area contributed by atoms with Gasteiger partial charge in [0, 0.05) is 0 Å². The van der Waals surface area contributed by atoms with Crippen LogP contribution in [0.25, 0.3) is 0 Å². The highest BCUT2D eigenvalue weighted by Gasteiger charge is 2.28. The number of methoxy groups -OCH3 is 2. The summed E-state index contributed by atoms with van der Waals surface area (Å²) in [6.07, 6.45) is -1.15. The normalized spacial score (nSPS) is 11.5. The molecule has 0 radical (unpaired) electrons. The van der Waals surface area contributed by atoms with E-state index in [4.69, 9.17) is 19.9 Å². The van der Waals surface area contributed by atoms with Crippen molar-refractivity contribution in [2.45, 2.75) is 20.0 Å². The van der Waals surface area contributed by atoms with E-state index in [1.165, 1.54) is 26.4 Å². The van der Waals surface area contributed by atoms with E-state index in [0.717, 1.165) is 0 Å². The zero-order chi connectivity index (χ0) is 17.6. The van der Waals surface area contributed by atoms with Crippen LogP contribution < -0.4 is 20.5 Å². The van der Waals surface area contributed by atoms with Crippen LogP contribution in [0.1, 0.15) is 24.2 Å². The third-order valence-electron chi connectivity index (χ3n) is 2.96. The lowest BCUT2D eigenvalue weighted by Crippen LogP contribution is -2.45. The maximum absolute atomic E-state index is 12.2. The summed E-state index contributed by atoms with van der Waals surface area (Å²) in [6.45, 7) is 3.35. The summed E-state index contributed by atoms with van der Waals surface area (Å²) in [4.78, 5) is 34.8. The Morgan fingerprint density at radius 3 is 2.17 bits per heavy atom. The number of rotatable bonds is 6. The van der Waals surface area contributed by atoms with Gasteiger partial charge in [0.1, 0.15) is 0 Å². The van der Waals surface area contributed by atoms with Crippen molar-refractivity contribution in [2.75, 3.05) is 14.2 Å². The van der Waals surface area contributed by atoms with Gasteiger partial charge in [0.15, 0.2) is 17.6 Å². The first-order valence-corrected chi connectivity index (χ1v) is 6.83. The molecule has 0 saturated carbocycles. The highest BCUT2D eigenvalue weighted by atomic mass is 16.5. The molecular formula is C15H20N2O6. The van der Waals surface area contributed by atoms with Crippen LogP contribution in [0.4, 0.5) is 4.79 Å². The van der Waals surface area contributed by atoms with Crippen LogP contribution in [0, 0.1) is 5.92 Å². The maximum atomic E-state index is 12.2. The van der Waals surface area contributed by atoms with Crippen molar-refractivity contribution in [3.63, 3.8) is 0 Å². The molecule has 0 bridgehead atoms. The Morgan fingerprint density at radius 1 is 1.09 bits per heavy atom. The lowest BCUT2D eigenvalue weighted by Gasteiger charge is -2.20. The Labute approximate surface area is 133 Å². The lowest BCUT2D eigenvalue weighted by atomic mass is 10.1. The average molecular weight is 324 g/mol. The summed E-state index contributed by atoms with van der Waals surface area (Å²) >= 11 is 0. The second-order valence-electron chi connectivity index (χ2n) is 4.99. The minimum absolute atomic E-state index is 0.181. The largest absolute Gasteiger partial charge is 0.493 e. The summed E-state index contributed by atoms with van der Waals surface area (Å²) in [5.74, 6) is -1.05. The van der Waals surface area contributed by atoms with Crippen LogP contribution in [0.3, 0.4) is 0 Å². The van der Waals surface area contributed by atoms with Gasteiger partial charge in [0.2, 0.25) is 0 Å². The van der Waals surface area contributed by atoms with Crippen LogP contribution in [0.15, 0.2) is 18.2 Å². The SMILES string of the molecule is COc1ccc(C(=O)O[C@H](C(=O)NC(N)=O)C(C)C)cc1OC. The standard InChI is InChI=1S/C15H20N2O6/c1-8(2)12(13(18)17-15(16)20)23-14(19)9-5-6-10(21-3)11(7-9)22-4/h5-8,12H,1-4H3,(H3,16,17,18,20)/t12-/m0/s1. The second kappa shape index (κ2) is 8.02. The number of carbonyl (C=O) groups is 3. The zero-order valence-electron chi connectivity index (χ0n) is 13.4. The van der Waals surface area contributed by atoms with E-state index in [-0.39, 0.29) is 11.5 Å². The number of esters is 1. The number of hydrogen-bond donors (Lipinski definition) is 2. The summed E-state index contributed by atoms with van der Waals surface area (Å²) in [7, 11) is 2.91. The van der Waals surface area contributed by atoms with Gasteiger partial charge in [0.05, 0.1) is 19.8 Å². The summed E-state index contributed by atoms with van der Waals surface area (Å²) in [5, 5.41) is 1.90. The Morgan fingerprint density at radius 2 is 1.70 bits per heavy atom. The third-order valence-corrected chi connectivity index (χ3v) is 2.96. The van der Waals surface area contributed by atoms with Crippen molar-refractivity contribution in [3.8, 4) is 11.5 Å². The number of nitrogens with two attached hydrogens (primary N) is 1. The Kier molecular flexibility index (Phi) is 6.37.